The third-order valence-corrected chi connectivity index (χ3v) is 6.22. The van der Waals surface area contributed by atoms with Crippen LogP contribution in [0, 0.1) is 0 Å². The van der Waals surface area contributed by atoms with Crippen LogP contribution in [0.2, 0.25) is 0 Å². The number of anilines is 2. The predicted octanol–water partition coefficient (Wildman–Crippen LogP) is 3.13. The first-order valence-corrected chi connectivity index (χ1v) is 12.0. The molecule has 4 aromatic rings. The predicted molar refractivity (Wildman–Crippen MR) is 135 cm³/mol. The number of rotatable bonds is 10. The van der Waals surface area contributed by atoms with Gasteiger partial charge in [0.05, 0.1) is 11.9 Å². The van der Waals surface area contributed by atoms with Crippen LogP contribution in [0.15, 0.2) is 69.2 Å². The number of hydrogen-bond acceptors (Lipinski definition) is 10. The molecule has 1 amide bonds. The third kappa shape index (κ3) is 5.66. The quantitative estimate of drug-likeness (QED) is 0.194. The number of aromatic nitrogens is 5. The lowest BCUT2D eigenvalue weighted by molar-refractivity contribution is 0.0949. The van der Waals surface area contributed by atoms with Gasteiger partial charge in [-0.1, -0.05) is 35.5 Å². The second-order valence-electron chi connectivity index (χ2n) is 7.33. The molecule has 0 aliphatic heterocycles. The van der Waals surface area contributed by atoms with E-state index in [2.05, 4.69) is 49.9 Å². The van der Waals surface area contributed by atoms with Gasteiger partial charge in [-0.2, -0.15) is 9.78 Å². The zero-order chi connectivity index (χ0) is 24.6. The summed E-state index contributed by atoms with van der Waals surface area (Å²) in [5, 5.41) is 19.6. The highest BCUT2D eigenvalue weighted by atomic mass is 32.2. The van der Waals surface area contributed by atoms with Crippen molar-refractivity contribution in [3.63, 3.8) is 0 Å². The molecule has 0 aliphatic rings. The van der Waals surface area contributed by atoms with E-state index >= 15 is 0 Å². The number of nitrogens with two attached hydrogens (primary N) is 1. The molecule has 0 radical (unpaired) electrons. The van der Waals surface area contributed by atoms with Gasteiger partial charge < -0.3 is 10.6 Å². The number of amides is 1. The van der Waals surface area contributed by atoms with Gasteiger partial charge in [-0.05, 0) is 54.0 Å². The van der Waals surface area contributed by atoms with E-state index in [0.29, 0.717) is 11.4 Å². The highest BCUT2D eigenvalue weighted by molar-refractivity contribution is 7.98. The Hall–Kier alpha value is -4.19. The van der Waals surface area contributed by atoms with Crippen LogP contribution >= 0.6 is 11.8 Å². The average molecular weight is 492 g/mol. The Balaban J connectivity index is 1.50. The van der Waals surface area contributed by atoms with Gasteiger partial charge in [0, 0.05) is 29.4 Å². The summed E-state index contributed by atoms with van der Waals surface area (Å²) < 4.78 is 6.04. The minimum Gasteiger partial charge on any atom is -0.378 e. The van der Waals surface area contributed by atoms with Crippen LogP contribution < -0.4 is 16.1 Å². The van der Waals surface area contributed by atoms with E-state index in [-0.39, 0.29) is 17.3 Å². The van der Waals surface area contributed by atoms with E-state index in [0.717, 1.165) is 29.2 Å². The highest BCUT2D eigenvalue weighted by Gasteiger charge is 2.24. The number of nitrogens with one attached hydrogen (secondary N) is 1. The summed E-state index contributed by atoms with van der Waals surface area (Å²) in [5.41, 5.74) is 10.9. The molecule has 0 atom stereocenters. The number of benzene rings is 2. The summed E-state index contributed by atoms with van der Waals surface area (Å²) in [6.07, 6.45) is 1.58. The van der Waals surface area contributed by atoms with E-state index in [1.807, 2.05) is 54.6 Å². The second kappa shape index (κ2) is 11.3. The lowest BCUT2D eigenvalue weighted by atomic mass is 10.2. The van der Waals surface area contributed by atoms with Gasteiger partial charge in [0.25, 0.3) is 5.91 Å². The summed E-state index contributed by atoms with van der Waals surface area (Å²) >= 11 is 1.51. The Bertz CT molecular complexity index is 1280. The first-order chi connectivity index (χ1) is 17.1. The Kier molecular flexibility index (Phi) is 7.73. The summed E-state index contributed by atoms with van der Waals surface area (Å²) in [6.45, 7) is 6.10. The van der Waals surface area contributed by atoms with Crippen molar-refractivity contribution in [2.75, 3.05) is 23.7 Å². The summed E-state index contributed by atoms with van der Waals surface area (Å²) in [6, 6.07) is 17.7. The van der Waals surface area contributed by atoms with Crippen molar-refractivity contribution >= 4 is 35.4 Å². The van der Waals surface area contributed by atoms with Crippen LogP contribution in [-0.4, -0.2) is 50.5 Å². The molecule has 0 unspecified atom stereocenters. The molecule has 0 spiro atoms. The lowest BCUT2D eigenvalue weighted by Crippen LogP contribution is -2.21. The number of carbonyl (C=O) groups is 1. The zero-order valence-corrected chi connectivity index (χ0v) is 20.1. The fourth-order valence-electron chi connectivity index (χ4n) is 3.36. The summed E-state index contributed by atoms with van der Waals surface area (Å²) in [5.74, 6) is 0.0738. The van der Waals surface area contributed by atoms with Gasteiger partial charge >= 0.3 is 0 Å². The summed E-state index contributed by atoms with van der Waals surface area (Å²) in [7, 11) is 0. The van der Waals surface area contributed by atoms with Gasteiger partial charge in [-0.25, -0.2) is 10.1 Å². The van der Waals surface area contributed by atoms with E-state index in [1.54, 1.807) is 6.21 Å². The molecule has 2 aromatic carbocycles. The van der Waals surface area contributed by atoms with Crippen molar-refractivity contribution in [2.24, 2.45) is 5.10 Å². The van der Waals surface area contributed by atoms with Gasteiger partial charge in [0.15, 0.2) is 5.69 Å². The summed E-state index contributed by atoms with van der Waals surface area (Å²) in [4.78, 5) is 16.2. The largest absolute Gasteiger partial charge is 0.378 e. The Morgan fingerprint density at radius 3 is 2.54 bits per heavy atom. The molecule has 180 valence electrons. The molecule has 0 fully saturated rings. The minimum absolute atomic E-state index is 0.0407. The molecule has 12 heteroatoms. The first-order valence-electron chi connectivity index (χ1n) is 11.0. The topological polar surface area (TPSA) is 140 Å². The smallest absolute Gasteiger partial charge is 0.293 e. The molecule has 11 nitrogen and oxygen atoms in total. The maximum Gasteiger partial charge on any atom is 0.293 e. The SMILES string of the molecule is CCN(CC)c1ccc(/C=N/NC(=O)c2nnn(-c3nonc3N)c2CSc2ccccc2)cc1. The lowest BCUT2D eigenvalue weighted by Gasteiger charge is -2.20. The molecule has 2 aromatic heterocycles. The molecule has 0 bridgehead atoms. The molecular formula is C23H25N9O2S. The van der Waals surface area contributed by atoms with Crippen LogP contribution in [-0.2, 0) is 5.75 Å². The Labute approximate surface area is 206 Å². The van der Waals surface area contributed by atoms with Crippen LogP contribution in [0.25, 0.3) is 5.82 Å². The zero-order valence-electron chi connectivity index (χ0n) is 19.3. The normalized spacial score (nSPS) is 11.1. The number of hydrogen-bond donors (Lipinski definition) is 2. The van der Waals surface area contributed by atoms with Crippen LogP contribution in [0.1, 0.15) is 35.6 Å². The Morgan fingerprint density at radius 1 is 1.14 bits per heavy atom. The number of nitrogen functional groups attached to an aromatic ring is 1. The second-order valence-corrected chi connectivity index (χ2v) is 8.38. The molecule has 0 saturated heterocycles. The average Bonchev–Trinajstić information content (AvgIpc) is 3.50. The number of thioether (sulfide) groups is 1. The molecule has 0 saturated carbocycles. The molecule has 4 rings (SSSR count). The van der Waals surface area contributed by atoms with Crippen molar-refractivity contribution in [3.8, 4) is 5.82 Å². The van der Waals surface area contributed by atoms with Gasteiger partial charge in [0.2, 0.25) is 11.6 Å². The van der Waals surface area contributed by atoms with E-state index < -0.39 is 5.91 Å². The van der Waals surface area contributed by atoms with Gasteiger partial charge in [-0.3, -0.25) is 4.79 Å². The van der Waals surface area contributed by atoms with Crippen molar-refractivity contribution in [3.05, 3.63) is 71.5 Å². The van der Waals surface area contributed by atoms with E-state index in [4.69, 9.17) is 10.4 Å². The van der Waals surface area contributed by atoms with Crippen LogP contribution in [0.3, 0.4) is 0 Å². The molecular weight excluding hydrogens is 466 g/mol. The highest BCUT2D eigenvalue weighted by Crippen LogP contribution is 2.25. The number of nitrogens with zero attached hydrogens (tertiary/aromatic N) is 7. The molecule has 3 N–H and O–H groups in total. The monoisotopic (exact) mass is 491 g/mol. The van der Waals surface area contributed by atoms with Gasteiger partial charge in [-0.15, -0.1) is 16.9 Å². The maximum atomic E-state index is 12.9. The Morgan fingerprint density at radius 2 is 1.89 bits per heavy atom. The van der Waals surface area contributed by atoms with Crippen molar-refractivity contribution < 1.29 is 9.42 Å². The van der Waals surface area contributed by atoms with Gasteiger partial charge in [0.1, 0.15) is 0 Å². The van der Waals surface area contributed by atoms with Crippen molar-refractivity contribution in [1.29, 1.82) is 0 Å². The minimum atomic E-state index is -0.508. The van der Waals surface area contributed by atoms with Crippen molar-refractivity contribution in [2.45, 2.75) is 24.5 Å². The fourth-order valence-corrected chi connectivity index (χ4v) is 4.27. The van der Waals surface area contributed by atoms with E-state index in [1.165, 1.54) is 16.4 Å². The third-order valence-electron chi connectivity index (χ3n) is 5.19. The van der Waals surface area contributed by atoms with E-state index in [9.17, 15) is 4.79 Å². The number of hydrazone groups is 1. The maximum absolute atomic E-state index is 12.9. The molecule has 0 aliphatic carbocycles. The molecule has 35 heavy (non-hydrogen) atoms. The van der Waals surface area contributed by atoms with Crippen molar-refractivity contribution in [1.82, 2.24) is 30.7 Å². The van der Waals surface area contributed by atoms with Crippen LogP contribution in [0.5, 0.6) is 0 Å². The first kappa shape index (κ1) is 24.0. The number of carbonyl (C=O) groups excluding carboxylic acids is 1. The molecule has 2 heterocycles. The standard InChI is InChI=1S/C23H25N9O2S/c1-3-31(4-2)17-12-10-16(11-13-17)14-25-27-23(33)20-19(15-35-18-8-6-5-7-9-18)32(30-26-20)22-21(24)28-34-29-22/h5-14H,3-4,15H2,1-2H3,(H2,24,28)(H,27,33)/b25-14+. The van der Waals surface area contributed by atoms with Crippen LogP contribution in [0.4, 0.5) is 11.5 Å². The fraction of sp³-hybridized carbons (Fsp3) is 0.217.